The highest BCUT2D eigenvalue weighted by atomic mass is 16.5. The van der Waals surface area contributed by atoms with Crippen LogP contribution >= 0.6 is 0 Å². The number of esters is 2. The minimum atomic E-state index is -0.951. The predicted octanol–water partition coefficient (Wildman–Crippen LogP) is 2.23. The summed E-state index contributed by atoms with van der Waals surface area (Å²) in [5.41, 5.74) is 2.35. The molecule has 1 N–H and O–H groups in total. The van der Waals surface area contributed by atoms with Crippen molar-refractivity contribution < 1.29 is 23.9 Å². The highest BCUT2D eigenvalue weighted by Gasteiger charge is 2.24. The SMILES string of the molecule is CCOC(=O)/C=C/C(=O)O[C@@H](C)C(=O)N[C@H]1CCCc2ccccc21. The second-order valence-electron chi connectivity index (χ2n) is 5.82. The van der Waals surface area contributed by atoms with E-state index < -0.39 is 18.0 Å². The Bertz CT molecular complexity index is 668. The lowest BCUT2D eigenvalue weighted by Gasteiger charge is -2.27. The van der Waals surface area contributed by atoms with E-state index in [1.54, 1.807) is 6.92 Å². The van der Waals surface area contributed by atoms with E-state index in [9.17, 15) is 14.4 Å². The maximum atomic E-state index is 12.3. The summed E-state index contributed by atoms with van der Waals surface area (Å²) in [5, 5.41) is 2.93. The topological polar surface area (TPSA) is 81.7 Å². The van der Waals surface area contributed by atoms with Crippen LogP contribution in [0.5, 0.6) is 0 Å². The zero-order valence-corrected chi connectivity index (χ0v) is 14.5. The first kappa shape index (κ1) is 18.7. The molecule has 2 atom stereocenters. The van der Waals surface area contributed by atoms with Crippen LogP contribution in [0.2, 0.25) is 0 Å². The largest absolute Gasteiger partial charge is 0.463 e. The maximum Gasteiger partial charge on any atom is 0.331 e. The number of aryl methyl sites for hydroxylation is 1. The van der Waals surface area contributed by atoms with E-state index in [1.165, 1.54) is 12.5 Å². The molecule has 0 fully saturated rings. The van der Waals surface area contributed by atoms with Gasteiger partial charge < -0.3 is 14.8 Å². The van der Waals surface area contributed by atoms with Crippen LogP contribution < -0.4 is 5.32 Å². The van der Waals surface area contributed by atoms with Gasteiger partial charge in [-0.15, -0.1) is 0 Å². The quantitative estimate of drug-likeness (QED) is 0.631. The summed E-state index contributed by atoms with van der Waals surface area (Å²) in [5.74, 6) is -1.75. The van der Waals surface area contributed by atoms with E-state index >= 15 is 0 Å². The molecule has 0 radical (unpaired) electrons. The average Bonchev–Trinajstić information content (AvgIpc) is 2.60. The molecule has 0 aliphatic heterocycles. The number of carbonyl (C=O) groups excluding carboxylic acids is 3. The summed E-state index contributed by atoms with van der Waals surface area (Å²) in [7, 11) is 0. The van der Waals surface area contributed by atoms with E-state index in [1.807, 2.05) is 18.2 Å². The molecule has 0 unspecified atom stereocenters. The Morgan fingerprint density at radius 1 is 1.24 bits per heavy atom. The lowest BCUT2D eigenvalue weighted by Crippen LogP contribution is -2.39. The molecule has 6 heteroatoms. The molecule has 0 aromatic heterocycles. The molecule has 0 heterocycles. The molecular weight excluding hydrogens is 322 g/mol. The van der Waals surface area contributed by atoms with Crippen LogP contribution in [0.1, 0.15) is 43.9 Å². The van der Waals surface area contributed by atoms with Crippen LogP contribution in [0.15, 0.2) is 36.4 Å². The molecule has 1 aliphatic carbocycles. The summed E-state index contributed by atoms with van der Waals surface area (Å²) in [6.07, 6.45) is 3.84. The van der Waals surface area contributed by atoms with Gasteiger partial charge in [-0.1, -0.05) is 24.3 Å². The second-order valence-corrected chi connectivity index (χ2v) is 5.82. The molecular formula is C19H23NO5. The number of amides is 1. The first-order chi connectivity index (χ1) is 12.0. The van der Waals surface area contributed by atoms with Crippen molar-refractivity contribution in [3.8, 4) is 0 Å². The van der Waals surface area contributed by atoms with Crippen molar-refractivity contribution >= 4 is 17.8 Å². The number of nitrogens with one attached hydrogen (secondary N) is 1. The average molecular weight is 345 g/mol. The fourth-order valence-corrected chi connectivity index (χ4v) is 2.79. The highest BCUT2D eigenvalue weighted by molar-refractivity contribution is 5.93. The van der Waals surface area contributed by atoms with Crippen molar-refractivity contribution in [3.05, 3.63) is 47.5 Å². The summed E-state index contributed by atoms with van der Waals surface area (Å²) < 4.78 is 9.69. The van der Waals surface area contributed by atoms with Gasteiger partial charge in [-0.3, -0.25) is 4.79 Å². The van der Waals surface area contributed by atoms with Crippen molar-refractivity contribution in [1.82, 2.24) is 5.32 Å². The first-order valence-corrected chi connectivity index (χ1v) is 8.45. The van der Waals surface area contributed by atoms with Gasteiger partial charge in [-0.25, -0.2) is 9.59 Å². The van der Waals surface area contributed by atoms with Crippen LogP contribution in [-0.4, -0.2) is 30.6 Å². The zero-order valence-electron chi connectivity index (χ0n) is 14.5. The van der Waals surface area contributed by atoms with Gasteiger partial charge in [0.25, 0.3) is 5.91 Å². The standard InChI is InChI=1S/C19H23NO5/c1-3-24-17(21)11-12-18(22)25-13(2)19(23)20-16-10-6-8-14-7-4-5-9-15(14)16/h4-5,7,9,11-13,16H,3,6,8,10H2,1-2H3,(H,20,23)/b12-11+/t13-,16-/m0/s1. The van der Waals surface area contributed by atoms with Crippen LogP contribution in [0.3, 0.4) is 0 Å². The Morgan fingerprint density at radius 2 is 1.96 bits per heavy atom. The normalized spacial score (nSPS) is 17.4. The van der Waals surface area contributed by atoms with Crippen molar-refractivity contribution in [2.45, 2.75) is 45.3 Å². The highest BCUT2D eigenvalue weighted by Crippen LogP contribution is 2.29. The third-order valence-corrected chi connectivity index (χ3v) is 3.99. The minimum absolute atomic E-state index is 0.0753. The zero-order chi connectivity index (χ0) is 18.2. The molecule has 6 nitrogen and oxygen atoms in total. The Balaban J connectivity index is 1.89. The van der Waals surface area contributed by atoms with E-state index in [2.05, 4.69) is 16.1 Å². The molecule has 1 aromatic carbocycles. The maximum absolute atomic E-state index is 12.3. The van der Waals surface area contributed by atoms with Gasteiger partial charge in [0.2, 0.25) is 0 Å². The number of hydrogen-bond acceptors (Lipinski definition) is 5. The Hall–Kier alpha value is -2.63. The van der Waals surface area contributed by atoms with Gasteiger partial charge in [0.05, 0.1) is 12.6 Å². The Kier molecular flexibility index (Phi) is 6.74. The van der Waals surface area contributed by atoms with Crippen molar-refractivity contribution in [3.63, 3.8) is 0 Å². The summed E-state index contributed by atoms with van der Waals surface area (Å²) in [4.78, 5) is 35.1. The molecule has 2 rings (SSSR count). The number of hydrogen-bond donors (Lipinski definition) is 1. The summed E-state index contributed by atoms with van der Waals surface area (Å²) in [6.45, 7) is 3.39. The molecule has 1 aromatic rings. The van der Waals surface area contributed by atoms with Gasteiger partial charge in [-0.2, -0.15) is 0 Å². The van der Waals surface area contributed by atoms with Crippen LogP contribution in [-0.2, 0) is 30.3 Å². The van der Waals surface area contributed by atoms with Crippen LogP contribution in [0.4, 0.5) is 0 Å². The van der Waals surface area contributed by atoms with Crippen molar-refractivity contribution in [2.75, 3.05) is 6.61 Å². The molecule has 1 amide bonds. The Morgan fingerprint density at radius 3 is 2.72 bits per heavy atom. The third kappa shape index (κ3) is 5.45. The summed E-state index contributed by atoms with van der Waals surface area (Å²) >= 11 is 0. The molecule has 0 saturated carbocycles. The molecule has 134 valence electrons. The van der Waals surface area contributed by atoms with E-state index in [-0.39, 0.29) is 18.6 Å². The lowest BCUT2D eigenvalue weighted by atomic mass is 9.87. The van der Waals surface area contributed by atoms with Gasteiger partial charge in [0.15, 0.2) is 6.10 Å². The fraction of sp³-hybridized carbons (Fsp3) is 0.421. The second kappa shape index (κ2) is 9.01. The molecule has 0 spiro atoms. The van der Waals surface area contributed by atoms with Gasteiger partial charge in [0, 0.05) is 12.2 Å². The van der Waals surface area contributed by atoms with Crippen LogP contribution in [0.25, 0.3) is 0 Å². The molecule has 25 heavy (non-hydrogen) atoms. The smallest absolute Gasteiger partial charge is 0.331 e. The summed E-state index contributed by atoms with van der Waals surface area (Å²) in [6, 6.07) is 7.94. The van der Waals surface area contributed by atoms with Crippen LogP contribution in [0, 0.1) is 0 Å². The molecule has 0 bridgehead atoms. The van der Waals surface area contributed by atoms with Crippen molar-refractivity contribution in [1.29, 1.82) is 0 Å². The molecule has 1 aliphatic rings. The van der Waals surface area contributed by atoms with E-state index in [0.717, 1.165) is 37.0 Å². The number of carbonyl (C=O) groups is 3. The Labute approximate surface area is 147 Å². The lowest BCUT2D eigenvalue weighted by molar-refractivity contribution is -0.150. The van der Waals surface area contributed by atoms with Gasteiger partial charge in [-0.05, 0) is 44.2 Å². The molecule has 0 saturated heterocycles. The number of benzene rings is 1. The third-order valence-electron chi connectivity index (χ3n) is 3.99. The van der Waals surface area contributed by atoms with Crippen molar-refractivity contribution in [2.24, 2.45) is 0 Å². The van der Waals surface area contributed by atoms with Gasteiger partial charge >= 0.3 is 11.9 Å². The number of fused-ring (bicyclic) bond motifs is 1. The minimum Gasteiger partial charge on any atom is -0.463 e. The van der Waals surface area contributed by atoms with Gasteiger partial charge in [0.1, 0.15) is 0 Å². The monoisotopic (exact) mass is 345 g/mol. The fourth-order valence-electron chi connectivity index (χ4n) is 2.79. The number of ether oxygens (including phenoxy) is 2. The van der Waals surface area contributed by atoms with E-state index in [4.69, 9.17) is 4.74 Å². The van der Waals surface area contributed by atoms with E-state index in [0.29, 0.717) is 0 Å². The first-order valence-electron chi connectivity index (χ1n) is 8.45. The predicted molar refractivity (Wildman–Crippen MR) is 91.6 cm³/mol. The number of rotatable bonds is 6.